The van der Waals surface area contributed by atoms with Gasteiger partial charge in [-0.1, -0.05) is 71.7 Å². The maximum atomic E-state index is 14.1. The van der Waals surface area contributed by atoms with Crippen molar-refractivity contribution in [1.82, 2.24) is 9.80 Å². The van der Waals surface area contributed by atoms with Crippen LogP contribution in [0.1, 0.15) is 71.0 Å². The number of likely N-dealkylation sites (tertiary alicyclic amines) is 1. The third-order valence-electron chi connectivity index (χ3n) is 10.2. The van der Waals surface area contributed by atoms with Gasteiger partial charge in [0.2, 0.25) is 0 Å². The predicted octanol–water partition coefficient (Wildman–Crippen LogP) is 6.31. The average Bonchev–Trinajstić information content (AvgIpc) is 3.18. The van der Waals surface area contributed by atoms with Crippen molar-refractivity contribution in [2.45, 2.75) is 54.4 Å². The number of aliphatic hydroxyl groups is 1. The van der Waals surface area contributed by atoms with Gasteiger partial charge < -0.3 is 35.0 Å². The number of sulfone groups is 1. The largest absolute Gasteiger partial charge is 0.495 e. The summed E-state index contributed by atoms with van der Waals surface area (Å²) in [5, 5.41) is 46.1. The van der Waals surface area contributed by atoms with Crippen molar-refractivity contribution in [3.8, 4) is 11.8 Å². The van der Waals surface area contributed by atoms with Gasteiger partial charge in [0.15, 0.2) is 15.4 Å². The Morgan fingerprint density at radius 1 is 0.949 bits per heavy atom. The van der Waals surface area contributed by atoms with Crippen LogP contribution in [0, 0.1) is 11.3 Å². The highest BCUT2D eigenvalue weighted by molar-refractivity contribution is 7.90. The number of aliphatic carboxylic acids is 3. The van der Waals surface area contributed by atoms with Crippen LogP contribution in [-0.2, 0) is 24.2 Å². The fraction of sp³-hybridized carbons (Fsp3) is 0.357. The number of carbonyl (C=O) groups is 4. The Morgan fingerprint density at radius 2 is 1.56 bits per heavy atom. The van der Waals surface area contributed by atoms with Gasteiger partial charge in [-0.25, -0.2) is 13.2 Å². The molecule has 1 saturated heterocycles. The number of benzene rings is 4. The van der Waals surface area contributed by atoms with Gasteiger partial charge in [0.1, 0.15) is 11.8 Å². The second-order valence-corrected chi connectivity index (χ2v) is 17.2. The van der Waals surface area contributed by atoms with Crippen LogP contribution in [0.3, 0.4) is 0 Å². The van der Waals surface area contributed by atoms with Gasteiger partial charge >= 0.3 is 17.9 Å². The highest BCUT2D eigenvalue weighted by Gasteiger charge is 2.41. The molecule has 0 radical (unpaired) electrons. The van der Waals surface area contributed by atoms with Gasteiger partial charge in [-0.3, -0.25) is 14.4 Å². The average molecular weight is 871 g/mol. The van der Waals surface area contributed by atoms with E-state index in [1.165, 1.54) is 13.4 Å². The maximum absolute atomic E-state index is 14.1. The Balaban J connectivity index is 0.000000509. The van der Waals surface area contributed by atoms with E-state index in [0.29, 0.717) is 32.6 Å². The zero-order chi connectivity index (χ0) is 43.7. The van der Waals surface area contributed by atoms with Crippen LogP contribution in [0.25, 0.3) is 10.8 Å². The fourth-order valence-corrected chi connectivity index (χ4v) is 8.54. The molecule has 17 heteroatoms. The first-order valence-corrected chi connectivity index (χ1v) is 21.0. The molecule has 59 heavy (non-hydrogen) atoms. The van der Waals surface area contributed by atoms with E-state index in [-0.39, 0.29) is 23.5 Å². The number of nitrogens with zero attached hydrogens (tertiary/aromatic N) is 3. The van der Waals surface area contributed by atoms with Gasteiger partial charge in [-0.15, -0.1) is 0 Å². The zero-order valence-electron chi connectivity index (χ0n) is 32.6. The number of piperidine rings is 1. The summed E-state index contributed by atoms with van der Waals surface area (Å²) in [4.78, 5) is 49.1. The molecule has 0 saturated carbocycles. The second kappa shape index (κ2) is 20.1. The van der Waals surface area contributed by atoms with E-state index in [9.17, 15) is 32.9 Å². The van der Waals surface area contributed by atoms with Gasteiger partial charge in [0.05, 0.1) is 46.0 Å². The fourth-order valence-electron chi connectivity index (χ4n) is 7.25. The molecule has 0 aromatic heterocycles. The molecular weight excluding hydrogens is 825 g/mol. The molecule has 1 atom stereocenters. The third kappa shape index (κ3) is 11.9. The SMILES string of the molecule is COc1c(C#N)cc2ccccc2c1C(=O)N(C)C[C@@H](CCN1CCC(c2ccccc2S(C)(=O)=O)CC1)c1ccc(Cl)c(Cl)c1.O=C(O)CC(O)(CC(=O)O)C(=O)O. The van der Waals surface area contributed by atoms with Gasteiger partial charge in [0, 0.05) is 25.8 Å². The normalized spacial score (nSPS) is 14.1. The van der Waals surface area contributed by atoms with Crippen molar-refractivity contribution in [2.75, 3.05) is 46.6 Å². The number of ether oxygens (including phenoxy) is 1. The van der Waals surface area contributed by atoms with Crippen molar-refractivity contribution in [3.05, 3.63) is 105 Å². The number of carboxylic acids is 3. The molecule has 0 bridgehead atoms. The van der Waals surface area contributed by atoms with E-state index in [4.69, 9.17) is 48.4 Å². The number of methoxy groups -OCH3 is 1. The molecule has 0 unspecified atom stereocenters. The number of carboxylic acid groups (broad SMARTS) is 3. The van der Waals surface area contributed by atoms with E-state index in [1.807, 2.05) is 48.5 Å². The Labute approximate surface area is 352 Å². The Bertz CT molecular complexity index is 2340. The van der Waals surface area contributed by atoms with Gasteiger partial charge in [0.25, 0.3) is 5.91 Å². The van der Waals surface area contributed by atoms with Gasteiger partial charge in [-0.05, 0) is 91.0 Å². The highest BCUT2D eigenvalue weighted by Crippen LogP contribution is 2.36. The monoisotopic (exact) mass is 869 g/mol. The number of halogens is 2. The van der Waals surface area contributed by atoms with Crippen molar-refractivity contribution in [1.29, 1.82) is 5.26 Å². The number of amides is 1. The standard InChI is InChI=1S/C36H37Cl2N3O4S.C6H8O7/c1-40(36(42)34-30-10-5-4-8-26(30)20-28(22-39)35(34)45-2)23-27(25-12-13-31(37)32(38)21-25)16-19-41-17-14-24(15-18-41)29-9-6-7-11-33(29)46(3,43)44;7-3(8)1-6(13,5(11)12)2-4(9)10/h4-13,20-21,24,27H,14-19,23H2,1-3H3;13H,1-2H2,(H,7,8)(H,9,10)(H,11,12)/t27-;/m1./s1. The molecular formula is C42H45Cl2N3O11S. The number of likely N-dealkylation sites (N-methyl/N-ethyl adjacent to an activating group) is 1. The minimum Gasteiger partial charge on any atom is -0.495 e. The lowest BCUT2D eigenvalue weighted by Gasteiger charge is -2.34. The zero-order valence-corrected chi connectivity index (χ0v) is 34.9. The summed E-state index contributed by atoms with van der Waals surface area (Å²) in [6.45, 7) is 2.89. The first-order chi connectivity index (χ1) is 27.8. The minimum absolute atomic E-state index is 0.0520. The van der Waals surface area contributed by atoms with E-state index in [2.05, 4.69) is 11.0 Å². The van der Waals surface area contributed by atoms with Gasteiger partial charge in [-0.2, -0.15) is 5.26 Å². The van der Waals surface area contributed by atoms with Crippen molar-refractivity contribution < 1.29 is 52.8 Å². The molecule has 4 aromatic carbocycles. The van der Waals surface area contributed by atoms with E-state index >= 15 is 0 Å². The molecule has 4 N–H and O–H groups in total. The van der Waals surface area contributed by atoms with Crippen LogP contribution >= 0.6 is 23.2 Å². The maximum Gasteiger partial charge on any atom is 0.336 e. The summed E-state index contributed by atoms with van der Waals surface area (Å²) < 4.78 is 30.4. The molecule has 1 fully saturated rings. The lowest BCUT2D eigenvalue weighted by molar-refractivity contribution is -0.170. The van der Waals surface area contributed by atoms with E-state index < -0.39 is 46.2 Å². The molecule has 314 valence electrons. The van der Waals surface area contributed by atoms with Crippen LogP contribution in [0.2, 0.25) is 10.0 Å². The summed E-state index contributed by atoms with van der Waals surface area (Å²) in [5.74, 6) is -4.85. The molecule has 14 nitrogen and oxygen atoms in total. The van der Waals surface area contributed by atoms with Crippen molar-refractivity contribution in [2.24, 2.45) is 0 Å². The van der Waals surface area contributed by atoms with Crippen molar-refractivity contribution in [3.63, 3.8) is 0 Å². The molecule has 1 aliphatic rings. The number of carbonyl (C=O) groups excluding carboxylic acids is 1. The number of hydrogen-bond acceptors (Lipinski definition) is 10. The summed E-state index contributed by atoms with van der Waals surface area (Å²) in [7, 11) is -0.0602. The number of fused-ring (bicyclic) bond motifs is 1. The highest BCUT2D eigenvalue weighted by atomic mass is 35.5. The number of hydrogen-bond donors (Lipinski definition) is 4. The topological polar surface area (TPSA) is 223 Å². The van der Waals surface area contributed by atoms with Crippen LogP contribution in [-0.4, -0.2) is 115 Å². The molecule has 0 spiro atoms. The predicted molar refractivity (Wildman–Crippen MR) is 221 cm³/mol. The summed E-state index contributed by atoms with van der Waals surface area (Å²) >= 11 is 12.7. The molecule has 1 aliphatic heterocycles. The quantitative estimate of drug-likeness (QED) is 0.103. The Kier molecular flexibility index (Phi) is 15.9. The lowest BCUT2D eigenvalue weighted by Crippen LogP contribution is -2.42. The molecule has 1 amide bonds. The lowest BCUT2D eigenvalue weighted by atomic mass is 9.88. The summed E-state index contributed by atoms with van der Waals surface area (Å²) in [5.41, 5.74) is -0.182. The second-order valence-electron chi connectivity index (χ2n) is 14.4. The van der Waals surface area contributed by atoms with Crippen LogP contribution in [0.5, 0.6) is 5.75 Å². The number of nitriles is 1. The minimum atomic E-state index is -3.30. The smallest absolute Gasteiger partial charge is 0.336 e. The third-order valence-corrected chi connectivity index (χ3v) is 12.1. The van der Waals surface area contributed by atoms with Crippen LogP contribution in [0.4, 0.5) is 0 Å². The summed E-state index contributed by atoms with van der Waals surface area (Å²) in [6, 6.07) is 24.3. The van der Waals surface area contributed by atoms with Crippen molar-refractivity contribution >= 4 is 67.6 Å². The Hall–Kier alpha value is -5.24. The summed E-state index contributed by atoms with van der Waals surface area (Å²) in [6.07, 6.45) is 1.47. The van der Waals surface area contributed by atoms with Crippen LogP contribution in [0.15, 0.2) is 77.7 Å². The molecule has 1 heterocycles. The number of rotatable bonds is 15. The van der Waals surface area contributed by atoms with E-state index in [0.717, 1.165) is 60.8 Å². The Morgan fingerprint density at radius 3 is 2.12 bits per heavy atom. The molecule has 0 aliphatic carbocycles. The molecule has 4 aromatic rings. The first kappa shape index (κ1) is 46.4. The molecule has 5 rings (SSSR count). The first-order valence-electron chi connectivity index (χ1n) is 18.4. The van der Waals surface area contributed by atoms with Crippen LogP contribution < -0.4 is 4.74 Å². The van der Waals surface area contributed by atoms with E-state index in [1.54, 1.807) is 36.2 Å².